The van der Waals surface area contributed by atoms with E-state index in [1.165, 1.54) is 6.26 Å². The molecule has 2 N–H and O–H groups in total. The number of nitrogens with two attached hydrogens (primary N) is 1. The molecule has 1 fully saturated rings. The molecule has 6 heteroatoms. The normalized spacial score (nSPS) is 19.4. The number of amides is 1. The zero-order valence-corrected chi connectivity index (χ0v) is 11.8. The van der Waals surface area contributed by atoms with Crippen LogP contribution < -0.4 is 5.73 Å². The molecule has 6 nitrogen and oxygen atoms in total. The quantitative estimate of drug-likeness (QED) is 0.878. The third kappa shape index (κ3) is 3.13. The zero-order chi connectivity index (χ0) is 14.0. The van der Waals surface area contributed by atoms with E-state index in [0.29, 0.717) is 11.6 Å². The van der Waals surface area contributed by atoms with Crippen molar-refractivity contribution in [3.63, 3.8) is 0 Å². The monoisotopic (exact) mass is 266 g/mol. The summed E-state index contributed by atoms with van der Waals surface area (Å²) >= 11 is 0. The van der Waals surface area contributed by atoms with E-state index >= 15 is 0 Å². The highest BCUT2D eigenvalue weighted by Crippen LogP contribution is 2.17. The number of carbonyl (C=O) groups is 1. The summed E-state index contributed by atoms with van der Waals surface area (Å²) in [5.41, 5.74) is 6.02. The summed E-state index contributed by atoms with van der Waals surface area (Å²) < 4.78 is 5.21. The molecule has 1 aliphatic rings. The van der Waals surface area contributed by atoms with E-state index in [1.54, 1.807) is 11.8 Å². The molecule has 2 heterocycles. The molecule has 19 heavy (non-hydrogen) atoms. The van der Waals surface area contributed by atoms with Crippen molar-refractivity contribution < 1.29 is 9.21 Å². The van der Waals surface area contributed by atoms with Gasteiger partial charge in [0.25, 0.3) is 5.91 Å². The number of hydrogen-bond acceptors (Lipinski definition) is 5. The van der Waals surface area contributed by atoms with Gasteiger partial charge in [0.05, 0.1) is 6.04 Å². The van der Waals surface area contributed by atoms with Crippen LogP contribution in [0.2, 0.25) is 0 Å². The van der Waals surface area contributed by atoms with Gasteiger partial charge in [0, 0.05) is 13.1 Å². The molecule has 1 unspecified atom stereocenters. The fraction of sp³-hybridized carbons (Fsp3) is 0.692. The molecule has 1 atom stereocenters. The van der Waals surface area contributed by atoms with Gasteiger partial charge in [-0.3, -0.25) is 4.79 Å². The average molecular weight is 266 g/mol. The molecular formula is C13H22N4O2. The lowest BCUT2D eigenvalue weighted by molar-refractivity contribution is 0.0653. The van der Waals surface area contributed by atoms with Crippen molar-refractivity contribution in [1.29, 1.82) is 0 Å². The van der Waals surface area contributed by atoms with Gasteiger partial charge in [-0.25, -0.2) is 4.98 Å². The van der Waals surface area contributed by atoms with Gasteiger partial charge >= 0.3 is 0 Å². The Balaban J connectivity index is 2.01. The minimum Gasteiger partial charge on any atom is -0.446 e. The second kappa shape index (κ2) is 5.71. The zero-order valence-electron chi connectivity index (χ0n) is 11.8. The lowest BCUT2D eigenvalue weighted by Crippen LogP contribution is -2.44. The average Bonchev–Trinajstić information content (AvgIpc) is 2.87. The number of aromatic nitrogens is 1. The standard InChI is InChI=1S/C13H22N4O2/c1-9(14)12-15-11(8-19-12)13(18)17(3)10-4-6-16(2)7-5-10/h8-10H,4-7,14H2,1-3H3. The highest BCUT2D eigenvalue weighted by molar-refractivity contribution is 5.92. The largest absolute Gasteiger partial charge is 0.446 e. The van der Waals surface area contributed by atoms with Gasteiger partial charge in [-0.2, -0.15) is 0 Å². The predicted molar refractivity (Wildman–Crippen MR) is 71.7 cm³/mol. The van der Waals surface area contributed by atoms with Gasteiger partial charge in [-0.05, 0) is 39.9 Å². The maximum absolute atomic E-state index is 12.3. The Bertz CT molecular complexity index is 436. The second-order valence-electron chi connectivity index (χ2n) is 5.31. The molecule has 0 saturated carbocycles. The molecule has 1 saturated heterocycles. The van der Waals surface area contributed by atoms with Crippen LogP contribution in [-0.4, -0.2) is 53.9 Å². The summed E-state index contributed by atoms with van der Waals surface area (Å²) in [6.45, 7) is 3.82. The van der Waals surface area contributed by atoms with E-state index in [2.05, 4.69) is 16.9 Å². The Morgan fingerprint density at radius 3 is 2.74 bits per heavy atom. The number of likely N-dealkylation sites (tertiary alicyclic amines) is 1. The maximum atomic E-state index is 12.3. The van der Waals surface area contributed by atoms with Crippen molar-refractivity contribution in [2.24, 2.45) is 5.73 Å². The fourth-order valence-corrected chi connectivity index (χ4v) is 2.32. The van der Waals surface area contributed by atoms with Crippen LogP contribution in [0.5, 0.6) is 0 Å². The van der Waals surface area contributed by atoms with E-state index in [9.17, 15) is 4.79 Å². The third-order valence-electron chi connectivity index (χ3n) is 3.69. The first-order chi connectivity index (χ1) is 8.99. The maximum Gasteiger partial charge on any atom is 0.275 e. The van der Waals surface area contributed by atoms with E-state index in [4.69, 9.17) is 10.2 Å². The Labute approximate surface area is 113 Å². The third-order valence-corrected chi connectivity index (χ3v) is 3.69. The number of oxazole rings is 1. The second-order valence-corrected chi connectivity index (χ2v) is 5.31. The number of carbonyl (C=O) groups excluding carboxylic acids is 1. The van der Waals surface area contributed by atoms with Crippen LogP contribution in [0.25, 0.3) is 0 Å². The fourth-order valence-electron chi connectivity index (χ4n) is 2.32. The van der Waals surface area contributed by atoms with Crippen LogP contribution in [0, 0.1) is 0 Å². The van der Waals surface area contributed by atoms with Crippen LogP contribution in [0.15, 0.2) is 10.7 Å². The Morgan fingerprint density at radius 1 is 1.58 bits per heavy atom. The minimum absolute atomic E-state index is 0.0924. The van der Waals surface area contributed by atoms with Crippen LogP contribution in [0.3, 0.4) is 0 Å². The van der Waals surface area contributed by atoms with Crippen molar-refractivity contribution in [3.8, 4) is 0 Å². The van der Waals surface area contributed by atoms with Crippen LogP contribution in [0.1, 0.15) is 42.2 Å². The van der Waals surface area contributed by atoms with Gasteiger partial charge in [0.2, 0.25) is 5.89 Å². The van der Waals surface area contributed by atoms with Crippen molar-refractivity contribution in [1.82, 2.24) is 14.8 Å². The summed E-state index contributed by atoms with van der Waals surface area (Å²) in [4.78, 5) is 20.5. The molecule has 0 spiro atoms. The summed E-state index contributed by atoms with van der Waals surface area (Å²) in [5.74, 6) is 0.310. The van der Waals surface area contributed by atoms with Gasteiger partial charge in [0.1, 0.15) is 6.26 Å². The van der Waals surface area contributed by atoms with Gasteiger partial charge in [-0.1, -0.05) is 0 Å². The van der Waals surface area contributed by atoms with Crippen molar-refractivity contribution >= 4 is 5.91 Å². The first-order valence-electron chi connectivity index (χ1n) is 6.65. The van der Waals surface area contributed by atoms with Crippen molar-refractivity contribution in [3.05, 3.63) is 17.8 Å². The number of hydrogen-bond donors (Lipinski definition) is 1. The van der Waals surface area contributed by atoms with Crippen molar-refractivity contribution in [2.45, 2.75) is 31.8 Å². The summed E-state index contributed by atoms with van der Waals surface area (Å²) in [5, 5.41) is 0. The highest BCUT2D eigenvalue weighted by Gasteiger charge is 2.26. The molecule has 0 aromatic carbocycles. The van der Waals surface area contributed by atoms with Gasteiger partial charge in [0.15, 0.2) is 5.69 Å². The summed E-state index contributed by atoms with van der Waals surface area (Å²) in [7, 11) is 3.93. The Morgan fingerprint density at radius 2 is 2.21 bits per heavy atom. The molecular weight excluding hydrogens is 244 g/mol. The molecule has 1 aromatic heterocycles. The van der Waals surface area contributed by atoms with Crippen LogP contribution in [0.4, 0.5) is 0 Å². The summed E-state index contributed by atoms with van der Waals surface area (Å²) in [6, 6.07) is -0.0191. The topological polar surface area (TPSA) is 75.6 Å². The smallest absolute Gasteiger partial charge is 0.275 e. The molecule has 0 aliphatic carbocycles. The molecule has 1 aromatic rings. The lowest BCUT2D eigenvalue weighted by Gasteiger charge is -2.34. The SMILES string of the molecule is CC(N)c1nc(C(=O)N(C)C2CCN(C)CC2)co1. The van der Waals surface area contributed by atoms with Gasteiger partial charge in [-0.15, -0.1) is 0 Å². The predicted octanol–water partition coefficient (Wildman–Crippen LogP) is 0.861. The van der Waals surface area contributed by atoms with E-state index in [0.717, 1.165) is 25.9 Å². The molecule has 106 valence electrons. The van der Waals surface area contributed by atoms with Gasteiger partial charge < -0.3 is 20.0 Å². The lowest BCUT2D eigenvalue weighted by atomic mass is 10.0. The number of rotatable bonds is 3. The first-order valence-corrected chi connectivity index (χ1v) is 6.65. The van der Waals surface area contributed by atoms with E-state index in [-0.39, 0.29) is 18.0 Å². The molecule has 2 rings (SSSR count). The van der Waals surface area contributed by atoms with Crippen LogP contribution in [-0.2, 0) is 0 Å². The first kappa shape index (κ1) is 14.0. The van der Waals surface area contributed by atoms with Crippen LogP contribution >= 0.6 is 0 Å². The molecule has 1 amide bonds. The van der Waals surface area contributed by atoms with E-state index < -0.39 is 0 Å². The van der Waals surface area contributed by atoms with Crippen molar-refractivity contribution in [2.75, 3.05) is 27.2 Å². The molecule has 0 radical (unpaired) electrons. The minimum atomic E-state index is -0.296. The number of piperidine rings is 1. The van der Waals surface area contributed by atoms with E-state index in [1.807, 2.05) is 7.05 Å². The highest BCUT2D eigenvalue weighted by atomic mass is 16.3. The summed E-state index contributed by atoms with van der Waals surface area (Å²) in [6.07, 6.45) is 3.39. The Kier molecular flexibility index (Phi) is 4.21. The Hall–Kier alpha value is -1.40. The molecule has 0 bridgehead atoms. The number of nitrogens with zero attached hydrogens (tertiary/aromatic N) is 3. The molecule has 1 aliphatic heterocycles.